The maximum Gasteiger partial charge on any atom is 0.252 e. The van der Waals surface area contributed by atoms with Gasteiger partial charge in [0, 0.05) is 20.1 Å². The third-order valence-electron chi connectivity index (χ3n) is 2.53. The summed E-state index contributed by atoms with van der Waals surface area (Å²) in [5.74, 6) is -0.709. The fourth-order valence-electron chi connectivity index (χ4n) is 1.51. The Labute approximate surface area is 99.8 Å². The Morgan fingerprint density at radius 2 is 2.24 bits per heavy atom. The predicted octanol–water partition coefficient (Wildman–Crippen LogP) is 0.412. The van der Waals surface area contributed by atoms with Gasteiger partial charge >= 0.3 is 0 Å². The van der Waals surface area contributed by atoms with E-state index in [4.69, 9.17) is 5.73 Å². The summed E-state index contributed by atoms with van der Waals surface area (Å²) in [5.41, 5.74) is 6.54. The van der Waals surface area contributed by atoms with Crippen LogP contribution in [0.1, 0.15) is 11.1 Å². The first-order valence-electron chi connectivity index (χ1n) is 5.34. The van der Waals surface area contributed by atoms with Crippen molar-refractivity contribution < 1.29 is 14.3 Å². The molecule has 0 aliphatic carbocycles. The summed E-state index contributed by atoms with van der Waals surface area (Å²) in [7, 11) is 1.57. The number of aliphatic hydroxyl groups excluding tert-OH is 1. The zero-order valence-corrected chi connectivity index (χ0v) is 9.98. The molecule has 0 aromatic heterocycles. The highest BCUT2D eigenvalue weighted by atomic mass is 19.1. The SMILES string of the molecule is Cc1cc(CN(C)C(=O)C(O)CN)ccc1F. The van der Waals surface area contributed by atoms with Crippen molar-refractivity contribution in [2.24, 2.45) is 5.73 Å². The number of amides is 1. The lowest BCUT2D eigenvalue weighted by Crippen LogP contribution is -2.40. The molecule has 1 rings (SSSR count). The van der Waals surface area contributed by atoms with E-state index in [1.807, 2.05) is 0 Å². The van der Waals surface area contributed by atoms with Gasteiger partial charge in [-0.05, 0) is 24.1 Å². The average molecular weight is 240 g/mol. The molecule has 0 saturated carbocycles. The minimum absolute atomic E-state index is 0.106. The van der Waals surface area contributed by atoms with Gasteiger partial charge in [-0.3, -0.25) is 4.79 Å². The lowest BCUT2D eigenvalue weighted by Gasteiger charge is -2.20. The molecule has 0 aliphatic rings. The highest BCUT2D eigenvalue weighted by Crippen LogP contribution is 2.11. The van der Waals surface area contributed by atoms with Crippen LogP contribution in [0.15, 0.2) is 18.2 Å². The van der Waals surface area contributed by atoms with Crippen molar-refractivity contribution in [3.05, 3.63) is 35.1 Å². The van der Waals surface area contributed by atoms with E-state index in [0.29, 0.717) is 12.1 Å². The Morgan fingerprint density at radius 3 is 2.76 bits per heavy atom. The molecule has 0 radical (unpaired) electrons. The molecular formula is C12H17FN2O2. The lowest BCUT2D eigenvalue weighted by atomic mass is 10.1. The average Bonchev–Trinajstić information content (AvgIpc) is 2.31. The van der Waals surface area contributed by atoms with E-state index < -0.39 is 12.0 Å². The molecule has 0 spiro atoms. The van der Waals surface area contributed by atoms with Crippen LogP contribution in [-0.2, 0) is 11.3 Å². The van der Waals surface area contributed by atoms with Crippen molar-refractivity contribution in [2.45, 2.75) is 19.6 Å². The number of carbonyl (C=O) groups is 1. The Hall–Kier alpha value is -1.46. The molecule has 1 aromatic rings. The van der Waals surface area contributed by atoms with Crippen LogP contribution < -0.4 is 5.73 Å². The standard InChI is InChI=1S/C12H17FN2O2/c1-8-5-9(3-4-10(8)13)7-15(2)12(17)11(16)6-14/h3-5,11,16H,6-7,14H2,1-2H3. The Bertz CT molecular complexity index is 409. The lowest BCUT2D eigenvalue weighted by molar-refractivity contribution is -0.138. The van der Waals surface area contributed by atoms with Crippen molar-refractivity contribution in [1.82, 2.24) is 4.90 Å². The number of nitrogens with two attached hydrogens (primary N) is 1. The summed E-state index contributed by atoms with van der Waals surface area (Å²) < 4.78 is 13.0. The van der Waals surface area contributed by atoms with Crippen LogP contribution in [0.4, 0.5) is 4.39 Å². The van der Waals surface area contributed by atoms with Crippen LogP contribution in [-0.4, -0.2) is 35.6 Å². The van der Waals surface area contributed by atoms with Gasteiger partial charge in [-0.15, -0.1) is 0 Å². The molecule has 3 N–H and O–H groups in total. The van der Waals surface area contributed by atoms with Gasteiger partial charge in [-0.1, -0.05) is 12.1 Å². The third-order valence-corrected chi connectivity index (χ3v) is 2.53. The van der Waals surface area contributed by atoms with Gasteiger partial charge < -0.3 is 15.7 Å². The summed E-state index contributed by atoms with van der Waals surface area (Å²) in [6.45, 7) is 1.87. The van der Waals surface area contributed by atoms with Crippen LogP contribution in [0.25, 0.3) is 0 Å². The van der Waals surface area contributed by atoms with Gasteiger partial charge in [-0.2, -0.15) is 0 Å². The smallest absolute Gasteiger partial charge is 0.252 e. The molecule has 0 aliphatic heterocycles. The van der Waals surface area contributed by atoms with Crippen LogP contribution in [0.2, 0.25) is 0 Å². The van der Waals surface area contributed by atoms with Gasteiger partial charge in [0.2, 0.25) is 0 Å². The van der Waals surface area contributed by atoms with Crippen molar-refractivity contribution in [3.63, 3.8) is 0 Å². The summed E-state index contributed by atoms with van der Waals surface area (Å²) >= 11 is 0. The maximum absolute atomic E-state index is 13.0. The number of nitrogens with zero attached hydrogens (tertiary/aromatic N) is 1. The number of benzene rings is 1. The molecule has 1 aromatic carbocycles. The number of hydrogen-bond donors (Lipinski definition) is 2. The first-order chi connectivity index (χ1) is 7.95. The summed E-state index contributed by atoms with van der Waals surface area (Å²) in [6.07, 6.45) is -1.18. The van der Waals surface area contributed by atoms with E-state index in [-0.39, 0.29) is 12.4 Å². The van der Waals surface area contributed by atoms with Gasteiger partial charge in [0.1, 0.15) is 11.9 Å². The van der Waals surface area contributed by atoms with E-state index in [2.05, 4.69) is 0 Å². The molecule has 0 heterocycles. The minimum atomic E-state index is -1.18. The summed E-state index contributed by atoms with van der Waals surface area (Å²) in [6, 6.07) is 4.65. The molecule has 1 atom stereocenters. The van der Waals surface area contributed by atoms with Crippen LogP contribution in [0, 0.1) is 12.7 Å². The van der Waals surface area contributed by atoms with Crippen molar-refractivity contribution >= 4 is 5.91 Å². The number of aliphatic hydroxyl groups is 1. The largest absolute Gasteiger partial charge is 0.382 e. The van der Waals surface area contributed by atoms with Gasteiger partial charge in [0.25, 0.3) is 5.91 Å². The fourth-order valence-corrected chi connectivity index (χ4v) is 1.51. The van der Waals surface area contributed by atoms with Gasteiger partial charge in [0.05, 0.1) is 0 Å². The fraction of sp³-hybridized carbons (Fsp3) is 0.417. The third kappa shape index (κ3) is 3.51. The number of aryl methyl sites for hydroxylation is 1. The molecule has 94 valence electrons. The van der Waals surface area contributed by atoms with Gasteiger partial charge in [-0.25, -0.2) is 4.39 Å². The van der Waals surface area contributed by atoms with Crippen molar-refractivity contribution in [1.29, 1.82) is 0 Å². The Kier molecular flexibility index (Phi) is 4.60. The molecule has 0 bridgehead atoms. The number of hydrogen-bond acceptors (Lipinski definition) is 3. The predicted molar refractivity (Wildman–Crippen MR) is 62.7 cm³/mol. The molecule has 5 heteroatoms. The van der Waals surface area contributed by atoms with Crippen LogP contribution in [0.3, 0.4) is 0 Å². The summed E-state index contributed by atoms with van der Waals surface area (Å²) in [5, 5.41) is 9.30. The van der Waals surface area contributed by atoms with Gasteiger partial charge in [0.15, 0.2) is 0 Å². The van der Waals surface area contributed by atoms with Crippen LogP contribution in [0.5, 0.6) is 0 Å². The second-order valence-corrected chi connectivity index (χ2v) is 4.03. The maximum atomic E-state index is 13.0. The van der Waals surface area contributed by atoms with Crippen molar-refractivity contribution in [3.8, 4) is 0 Å². The second kappa shape index (κ2) is 5.75. The van der Waals surface area contributed by atoms with E-state index in [1.165, 1.54) is 11.0 Å². The number of halogens is 1. The topological polar surface area (TPSA) is 66.6 Å². The van der Waals surface area contributed by atoms with E-state index in [9.17, 15) is 14.3 Å². The zero-order valence-electron chi connectivity index (χ0n) is 9.98. The molecule has 0 saturated heterocycles. The first kappa shape index (κ1) is 13.6. The van der Waals surface area contributed by atoms with Crippen LogP contribution >= 0.6 is 0 Å². The number of carbonyl (C=O) groups excluding carboxylic acids is 1. The monoisotopic (exact) mass is 240 g/mol. The normalized spacial score (nSPS) is 12.3. The Balaban J connectivity index is 2.71. The highest BCUT2D eigenvalue weighted by Gasteiger charge is 2.17. The van der Waals surface area contributed by atoms with E-state index in [1.54, 1.807) is 26.1 Å². The zero-order chi connectivity index (χ0) is 13.0. The van der Waals surface area contributed by atoms with Crippen molar-refractivity contribution in [2.75, 3.05) is 13.6 Å². The summed E-state index contributed by atoms with van der Waals surface area (Å²) in [4.78, 5) is 12.9. The molecular weight excluding hydrogens is 223 g/mol. The number of likely N-dealkylation sites (N-methyl/N-ethyl adjacent to an activating group) is 1. The minimum Gasteiger partial charge on any atom is -0.382 e. The molecule has 1 amide bonds. The molecule has 1 unspecified atom stereocenters. The molecule has 4 nitrogen and oxygen atoms in total. The quantitative estimate of drug-likeness (QED) is 0.801. The molecule has 0 fully saturated rings. The van der Waals surface area contributed by atoms with E-state index in [0.717, 1.165) is 5.56 Å². The van der Waals surface area contributed by atoms with E-state index >= 15 is 0 Å². The number of rotatable bonds is 4. The highest BCUT2D eigenvalue weighted by molar-refractivity contribution is 5.80. The molecule has 17 heavy (non-hydrogen) atoms. The first-order valence-corrected chi connectivity index (χ1v) is 5.34. The Morgan fingerprint density at radius 1 is 1.59 bits per heavy atom. The second-order valence-electron chi connectivity index (χ2n) is 4.03.